The van der Waals surface area contributed by atoms with Crippen LogP contribution in [0.2, 0.25) is 5.02 Å². The molecule has 126 valence electrons. The molecule has 2 heterocycles. The van der Waals surface area contributed by atoms with Gasteiger partial charge < -0.3 is 0 Å². The molecule has 0 aliphatic carbocycles. The van der Waals surface area contributed by atoms with Gasteiger partial charge in [0.25, 0.3) is 11.8 Å². The predicted molar refractivity (Wildman–Crippen MR) is 94.8 cm³/mol. The molecule has 25 heavy (non-hydrogen) atoms. The van der Waals surface area contributed by atoms with E-state index in [9.17, 15) is 9.59 Å². The molecule has 6 nitrogen and oxygen atoms in total. The monoisotopic (exact) mass is 354 g/mol. The normalized spacial score (nSPS) is 22.0. The highest BCUT2D eigenvalue weighted by Crippen LogP contribution is 2.35. The van der Waals surface area contributed by atoms with Crippen LogP contribution in [0.3, 0.4) is 0 Å². The van der Waals surface area contributed by atoms with Crippen molar-refractivity contribution in [1.29, 1.82) is 0 Å². The molecule has 1 saturated heterocycles. The maximum Gasteiger partial charge on any atom is 0.263 e. The molecule has 2 aromatic rings. The lowest BCUT2D eigenvalue weighted by Crippen LogP contribution is -2.39. The Morgan fingerprint density at radius 1 is 0.920 bits per heavy atom. The Kier molecular flexibility index (Phi) is 3.58. The van der Waals surface area contributed by atoms with Crippen molar-refractivity contribution in [3.63, 3.8) is 0 Å². The van der Waals surface area contributed by atoms with E-state index in [0.717, 1.165) is 11.1 Å². The van der Waals surface area contributed by atoms with Crippen molar-refractivity contribution in [2.45, 2.75) is 25.9 Å². The van der Waals surface area contributed by atoms with Gasteiger partial charge in [0.1, 0.15) is 0 Å². The molecule has 4 rings (SSSR count). The Hall–Kier alpha value is -2.73. The van der Waals surface area contributed by atoms with Crippen LogP contribution in [0.25, 0.3) is 0 Å². The minimum Gasteiger partial charge on any atom is -0.271 e. The number of rotatable bonds is 2. The van der Waals surface area contributed by atoms with E-state index in [2.05, 4.69) is 10.3 Å². The molecule has 0 saturated carbocycles. The van der Waals surface area contributed by atoms with Gasteiger partial charge in [-0.05, 0) is 61.4 Å². The zero-order valence-corrected chi connectivity index (χ0v) is 14.4. The second-order valence-electron chi connectivity index (χ2n) is 6.27. The summed E-state index contributed by atoms with van der Waals surface area (Å²) in [6.07, 6.45) is 0. The van der Waals surface area contributed by atoms with E-state index in [1.54, 1.807) is 24.3 Å². The lowest BCUT2D eigenvalue weighted by molar-refractivity contribution is -0.121. The van der Waals surface area contributed by atoms with Crippen LogP contribution in [0, 0.1) is 13.8 Å². The largest absolute Gasteiger partial charge is 0.271 e. The van der Waals surface area contributed by atoms with Crippen LogP contribution in [0.15, 0.2) is 52.8 Å². The molecule has 7 heteroatoms. The average Bonchev–Trinajstić information content (AvgIpc) is 3.08. The van der Waals surface area contributed by atoms with Crippen molar-refractivity contribution in [2.24, 2.45) is 10.3 Å². The van der Waals surface area contributed by atoms with Crippen molar-refractivity contribution < 1.29 is 9.59 Å². The van der Waals surface area contributed by atoms with Crippen LogP contribution in [-0.2, 0) is 9.59 Å². The molecule has 2 aliphatic rings. The van der Waals surface area contributed by atoms with Crippen LogP contribution < -0.4 is 9.91 Å². The van der Waals surface area contributed by atoms with Crippen LogP contribution in [0.4, 0.5) is 11.4 Å². The molecule has 2 aliphatic heterocycles. The van der Waals surface area contributed by atoms with Gasteiger partial charge in [-0.15, -0.1) is 0 Å². The fourth-order valence-electron chi connectivity index (χ4n) is 3.30. The van der Waals surface area contributed by atoms with E-state index in [4.69, 9.17) is 11.6 Å². The van der Waals surface area contributed by atoms with Crippen LogP contribution >= 0.6 is 11.6 Å². The summed E-state index contributed by atoms with van der Waals surface area (Å²) in [6, 6.07) is 11.0. The van der Waals surface area contributed by atoms with Gasteiger partial charge in [0, 0.05) is 5.02 Å². The Morgan fingerprint density at radius 3 is 2.20 bits per heavy atom. The molecule has 0 aromatic heterocycles. The number of nitrogens with zero attached hydrogens (tertiary/aromatic N) is 4. The molecule has 1 fully saturated rings. The predicted octanol–water partition coefficient (Wildman–Crippen LogP) is 3.45. The third-order valence-electron chi connectivity index (χ3n) is 4.34. The number of fused-ring (bicyclic) bond motifs is 1. The van der Waals surface area contributed by atoms with Gasteiger partial charge in [0.2, 0.25) is 0 Å². The topological polar surface area (TPSA) is 65.3 Å². The van der Waals surface area contributed by atoms with Crippen molar-refractivity contribution in [3.05, 3.63) is 58.6 Å². The summed E-state index contributed by atoms with van der Waals surface area (Å²) in [5.74, 6) is -0.667. The minimum absolute atomic E-state index is 0.319. The van der Waals surface area contributed by atoms with E-state index >= 15 is 0 Å². The van der Waals surface area contributed by atoms with Crippen LogP contribution in [-0.4, -0.2) is 23.9 Å². The summed E-state index contributed by atoms with van der Waals surface area (Å²) in [6.45, 7) is 3.87. The van der Waals surface area contributed by atoms with Gasteiger partial charge in [0.15, 0.2) is 12.1 Å². The number of carbonyl (C=O) groups excluding carboxylic acids is 2. The van der Waals surface area contributed by atoms with Gasteiger partial charge in [0.05, 0.1) is 11.4 Å². The lowest BCUT2D eigenvalue weighted by atomic mass is 10.1. The number of aryl methyl sites for hydroxylation is 2. The van der Waals surface area contributed by atoms with Crippen molar-refractivity contribution in [3.8, 4) is 0 Å². The number of halogens is 1. The van der Waals surface area contributed by atoms with Crippen molar-refractivity contribution in [2.75, 3.05) is 9.91 Å². The number of anilines is 2. The van der Waals surface area contributed by atoms with E-state index in [1.807, 2.05) is 32.0 Å². The number of imide groups is 1. The molecule has 0 spiro atoms. The van der Waals surface area contributed by atoms with Gasteiger partial charge >= 0.3 is 0 Å². The SMILES string of the molecule is Cc1cc(C)cc(N2C(=O)[C@@H]3N=NN(c4ccc(Cl)cc4)[C@H]3C2=O)c1. The second kappa shape index (κ2) is 5.67. The lowest BCUT2D eigenvalue weighted by Gasteiger charge is -2.21. The average molecular weight is 355 g/mol. The Bertz CT molecular complexity index is 890. The number of carbonyl (C=O) groups is 2. The summed E-state index contributed by atoms with van der Waals surface area (Å²) in [4.78, 5) is 27.0. The minimum atomic E-state index is -0.816. The maximum absolute atomic E-state index is 13.0. The summed E-state index contributed by atoms with van der Waals surface area (Å²) in [5.41, 5.74) is 3.23. The zero-order valence-electron chi connectivity index (χ0n) is 13.7. The first-order valence-electron chi connectivity index (χ1n) is 7.87. The molecule has 0 radical (unpaired) electrons. The fourth-order valence-corrected chi connectivity index (χ4v) is 3.43. The Balaban J connectivity index is 1.71. The quantitative estimate of drug-likeness (QED) is 0.776. The molecular weight excluding hydrogens is 340 g/mol. The third kappa shape index (κ3) is 2.49. The van der Waals surface area contributed by atoms with E-state index in [0.29, 0.717) is 16.4 Å². The summed E-state index contributed by atoms with van der Waals surface area (Å²) < 4.78 is 0. The first kappa shape index (κ1) is 15.8. The van der Waals surface area contributed by atoms with Gasteiger partial charge in [-0.2, -0.15) is 5.11 Å². The van der Waals surface area contributed by atoms with Gasteiger partial charge in [-0.1, -0.05) is 22.9 Å². The van der Waals surface area contributed by atoms with Gasteiger partial charge in [-0.25, -0.2) is 9.91 Å². The van der Waals surface area contributed by atoms with Crippen molar-refractivity contribution >= 4 is 34.8 Å². The summed E-state index contributed by atoms with van der Waals surface area (Å²) >= 11 is 5.91. The smallest absolute Gasteiger partial charge is 0.263 e. The molecule has 0 N–H and O–H groups in total. The van der Waals surface area contributed by atoms with Crippen LogP contribution in [0.5, 0.6) is 0 Å². The highest BCUT2D eigenvalue weighted by molar-refractivity contribution is 6.30. The third-order valence-corrected chi connectivity index (χ3v) is 4.59. The molecule has 2 amide bonds. The van der Waals surface area contributed by atoms with E-state index < -0.39 is 12.1 Å². The molecule has 2 atom stereocenters. The highest BCUT2D eigenvalue weighted by Gasteiger charge is 2.55. The fraction of sp³-hybridized carbons (Fsp3) is 0.222. The standard InChI is InChI=1S/C18H15ClN4O2/c1-10-7-11(2)9-14(8-10)22-17(24)15-16(18(22)25)23(21-20-15)13-5-3-12(19)4-6-13/h3-9,15-16H,1-2H3/t15-,16-/m1/s1. The number of benzene rings is 2. The van der Waals surface area contributed by atoms with E-state index in [-0.39, 0.29) is 11.8 Å². The number of hydrogen-bond acceptors (Lipinski definition) is 5. The first-order chi connectivity index (χ1) is 12.0. The summed E-state index contributed by atoms with van der Waals surface area (Å²) in [5, 5.41) is 10.1. The van der Waals surface area contributed by atoms with Crippen LogP contribution in [0.1, 0.15) is 11.1 Å². The molecule has 0 bridgehead atoms. The molecule has 2 aromatic carbocycles. The first-order valence-corrected chi connectivity index (χ1v) is 8.25. The molecular formula is C18H15ClN4O2. The maximum atomic E-state index is 13.0. The summed E-state index contributed by atoms with van der Waals surface area (Å²) in [7, 11) is 0. The van der Waals surface area contributed by atoms with Crippen molar-refractivity contribution in [1.82, 2.24) is 0 Å². The number of amides is 2. The molecule has 0 unspecified atom stereocenters. The Morgan fingerprint density at radius 2 is 1.56 bits per heavy atom. The Labute approximate surface area is 149 Å². The van der Waals surface area contributed by atoms with E-state index in [1.165, 1.54) is 9.91 Å². The van der Waals surface area contributed by atoms with Gasteiger partial charge in [-0.3, -0.25) is 9.59 Å². The second-order valence-corrected chi connectivity index (χ2v) is 6.71. The highest BCUT2D eigenvalue weighted by atomic mass is 35.5. The zero-order chi connectivity index (χ0) is 17.7. The number of hydrogen-bond donors (Lipinski definition) is 0.